The lowest BCUT2D eigenvalue weighted by Gasteiger charge is -2.09. The summed E-state index contributed by atoms with van der Waals surface area (Å²) >= 11 is 6.40. The normalized spacial score (nSPS) is 10.8. The molecule has 0 amide bonds. The van der Waals surface area contributed by atoms with Crippen molar-refractivity contribution < 1.29 is 9.15 Å². The van der Waals surface area contributed by atoms with E-state index in [-0.39, 0.29) is 0 Å². The predicted molar refractivity (Wildman–Crippen MR) is 118 cm³/mol. The van der Waals surface area contributed by atoms with Gasteiger partial charge in [0.05, 0.1) is 18.0 Å². The number of benzene rings is 2. The molecule has 0 spiro atoms. The van der Waals surface area contributed by atoms with Gasteiger partial charge in [0.25, 0.3) is 0 Å². The van der Waals surface area contributed by atoms with Crippen molar-refractivity contribution in [3.8, 4) is 17.2 Å². The molecule has 4 rings (SSSR count). The number of nitrogens with zero attached hydrogens (tertiary/aromatic N) is 4. The molecule has 0 atom stereocenters. The molecule has 2 aromatic carbocycles. The number of rotatable bonds is 8. The molecule has 4 aromatic rings. The smallest absolute Gasteiger partial charge is 0.247 e. The van der Waals surface area contributed by atoms with Gasteiger partial charge in [-0.3, -0.25) is 0 Å². The van der Waals surface area contributed by atoms with Crippen LogP contribution in [-0.4, -0.2) is 27.0 Å². The third-order valence-corrected chi connectivity index (χ3v) is 6.14. The first kappa shape index (κ1) is 19.9. The van der Waals surface area contributed by atoms with Crippen LogP contribution in [0.25, 0.3) is 11.5 Å². The highest BCUT2D eigenvalue weighted by atomic mass is 79.9. The van der Waals surface area contributed by atoms with Gasteiger partial charge in [0.15, 0.2) is 4.34 Å². The van der Waals surface area contributed by atoms with E-state index in [0.29, 0.717) is 29.3 Å². The van der Waals surface area contributed by atoms with Crippen molar-refractivity contribution >= 4 is 49.8 Å². The molecule has 0 bridgehead atoms. The van der Waals surface area contributed by atoms with Gasteiger partial charge in [0, 0.05) is 10.0 Å². The van der Waals surface area contributed by atoms with Crippen LogP contribution in [0, 0.1) is 0 Å². The molecule has 2 heterocycles. The Bertz CT molecular complexity index is 1100. The molecule has 0 saturated carbocycles. The summed E-state index contributed by atoms with van der Waals surface area (Å²) in [6.07, 6.45) is 0. The van der Waals surface area contributed by atoms with Crippen molar-refractivity contribution in [1.82, 2.24) is 20.4 Å². The first-order chi connectivity index (χ1) is 14.2. The maximum Gasteiger partial charge on any atom is 0.247 e. The predicted octanol–water partition coefficient (Wildman–Crippen LogP) is 5.79. The molecule has 10 heteroatoms. The fourth-order valence-corrected chi connectivity index (χ4v) is 4.46. The number of para-hydroxylation sites is 2. The molecule has 29 heavy (non-hydrogen) atoms. The summed E-state index contributed by atoms with van der Waals surface area (Å²) < 4.78 is 13.1. The van der Waals surface area contributed by atoms with Gasteiger partial charge in [-0.2, -0.15) is 0 Å². The van der Waals surface area contributed by atoms with E-state index in [1.165, 1.54) is 23.1 Å². The number of nitrogens with one attached hydrogen (secondary N) is 1. The molecule has 0 aliphatic rings. The van der Waals surface area contributed by atoms with Crippen LogP contribution in [0.1, 0.15) is 12.8 Å². The van der Waals surface area contributed by atoms with E-state index in [1.54, 1.807) is 0 Å². The molecular weight excluding hydrogens is 474 g/mol. The molecule has 7 nitrogen and oxygen atoms in total. The summed E-state index contributed by atoms with van der Waals surface area (Å²) in [7, 11) is 0. The molecule has 2 aromatic heterocycles. The summed E-state index contributed by atoms with van der Waals surface area (Å²) in [6, 6.07) is 15.5. The molecular formula is C19H16BrN5O2S2. The van der Waals surface area contributed by atoms with E-state index in [0.717, 1.165) is 25.8 Å². The van der Waals surface area contributed by atoms with Crippen molar-refractivity contribution in [2.45, 2.75) is 17.0 Å². The highest BCUT2D eigenvalue weighted by Gasteiger charge is 2.12. The minimum atomic E-state index is 0.494. The van der Waals surface area contributed by atoms with Gasteiger partial charge in [-0.15, -0.1) is 20.4 Å². The Kier molecular flexibility index (Phi) is 6.43. The lowest BCUT2D eigenvalue weighted by Crippen LogP contribution is -1.97. The number of halogens is 1. The zero-order valence-electron chi connectivity index (χ0n) is 15.3. The van der Waals surface area contributed by atoms with Gasteiger partial charge in [-0.05, 0) is 37.3 Å². The molecule has 0 saturated heterocycles. The van der Waals surface area contributed by atoms with Crippen LogP contribution in [0.5, 0.6) is 5.75 Å². The number of hydrogen-bond donors (Lipinski definition) is 1. The number of thioether (sulfide) groups is 1. The second kappa shape index (κ2) is 9.38. The fourth-order valence-electron chi connectivity index (χ4n) is 2.46. The number of anilines is 2. The van der Waals surface area contributed by atoms with Gasteiger partial charge in [0.2, 0.25) is 16.9 Å². The van der Waals surface area contributed by atoms with E-state index in [2.05, 4.69) is 41.6 Å². The largest absolute Gasteiger partial charge is 0.492 e. The Morgan fingerprint density at radius 2 is 2.00 bits per heavy atom. The van der Waals surface area contributed by atoms with Gasteiger partial charge < -0.3 is 14.5 Å². The average Bonchev–Trinajstić information content (AvgIpc) is 3.38. The minimum Gasteiger partial charge on any atom is -0.492 e. The molecule has 148 valence electrons. The topological polar surface area (TPSA) is 86.0 Å². The standard InChI is InChI=1S/C19H16BrN5O2S2/c1-2-26-15-9-4-3-8-14(15)21-18-24-25-19(29-18)28-11-16-22-23-17(27-16)12-6-5-7-13(20)10-12/h3-10H,2,11H2,1H3,(H,21,24). The minimum absolute atomic E-state index is 0.494. The maximum absolute atomic E-state index is 5.75. The van der Waals surface area contributed by atoms with Crippen molar-refractivity contribution in [2.75, 3.05) is 11.9 Å². The summed E-state index contributed by atoms with van der Waals surface area (Å²) in [6.45, 7) is 2.55. The number of ether oxygens (including phenoxy) is 1. The number of hydrogen-bond acceptors (Lipinski definition) is 9. The summed E-state index contributed by atoms with van der Waals surface area (Å²) in [4.78, 5) is 0. The highest BCUT2D eigenvalue weighted by Crippen LogP contribution is 2.33. The van der Waals surface area contributed by atoms with E-state index < -0.39 is 0 Å². The summed E-state index contributed by atoms with van der Waals surface area (Å²) in [5.74, 6) is 2.33. The Morgan fingerprint density at radius 1 is 1.10 bits per heavy atom. The van der Waals surface area contributed by atoms with E-state index in [4.69, 9.17) is 9.15 Å². The lowest BCUT2D eigenvalue weighted by molar-refractivity contribution is 0.342. The quantitative estimate of drug-likeness (QED) is 0.311. The van der Waals surface area contributed by atoms with E-state index >= 15 is 0 Å². The third-order valence-electron chi connectivity index (χ3n) is 3.69. The van der Waals surface area contributed by atoms with Crippen molar-refractivity contribution in [3.63, 3.8) is 0 Å². The summed E-state index contributed by atoms with van der Waals surface area (Å²) in [5, 5.41) is 20.6. The zero-order chi connectivity index (χ0) is 20.1. The van der Waals surface area contributed by atoms with E-state index in [1.807, 2.05) is 55.5 Å². The van der Waals surface area contributed by atoms with Gasteiger partial charge in [0.1, 0.15) is 5.75 Å². The van der Waals surface area contributed by atoms with Crippen LogP contribution in [0.3, 0.4) is 0 Å². The first-order valence-electron chi connectivity index (χ1n) is 8.74. The Hall–Kier alpha value is -2.43. The molecule has 1 N–H and O–H groups in total. The molecule has 0 radical (unpaired) electrons. The zero-order valence-corrected chi connectivity index (χ0v) is 18.6. The van der Waals surface area contributed by atoms with Crippen LogP contribution < -0.4 is 10.1 Å². The molecule has 0 fully saturated rings. The van der Waals surface area contributed by atoms with Crippen molar-refractivity contribution in [3.05, 3.63) is 58.9 Å². The Morgan fingerprint density at radius 3 is 2.86 bits per heavy atom. The van der Waals surface area contributed by atoms with Crippen LogP contribution >= 0.6 is 39.0 Å². The van der Waals surface area contributed by atoms with E-state index in [9.17, 15) is 0 Å². The van der Waals surface area contributed by atoms with Crippen LogP contribution in [0.15, 0.2) is 61.8 Å². The van der Waals surface area contributed by atoms with Crippen molar-refractivity contribution in [2.24, 2.45) is 0 Å². The number of aromatic nitrogens is 4. The van der Waals surface area contributed by atoms with Gasteiger partial charge in [-0.1, -0.05) is 57.2 Å². The Balaban J connectivity index is 1.38. The van der Waals surface area contributed by atoms with Gasteiger partial charge >= 0.3 is 0 Å². The monoisotopic (exact) mass is 489 g/mol. The van der Waals surface area contributed by atoms with Crippen LogP contribution in [-0.2, 0) is 5.75 Å². The van der Waals surface area contributed by atoms with Gasteiger partial charge in [-0.25, -0.2) is 0 Å². The SMILES string of the molecule is CCOc1ccccc1Nc1nnc(SCc2nnc(-c3cccc(Br)c3)o2)s1. The van der Waals surface area contributed by atoms with Crippen molar-refractivity contribution in [1.29, 1.82) is 0 Å². The average molecular weight is 490 g/mol. The fraction of sp³-hybridized carbons (Fsp3) is 0.158. The maximum atomic E-state index is 5.75. The second-order valence-electron chi connectivity index (χ2n) is 5.73. The lowest BCUT2D eigenvalue weighted by atomic mass is 10.2. The second-order valence-corrected chi connectivity index (χ2v) is 8.84. The molecule has 0 unspecified atom stereocenters. The van der Waals surface area contributed by atoms with Crippen LogP contribution in [0.2, 0.25) is 0 Å². The summed E-state index contributed by atoms with van der Waals surface area (Å²) in [5.41, 5.74) is 1.73. The Labute approximate surface area is 184 Å². The molecule has 0 aliphatic heterocycles. The first-order valence-corrected chi connectivity index (χ1v) is 11.3. The highest BCUT2D eigenvalue weighted by molar-refractivity contribution is 9.10. The molecule has 0 aliphatic carbocycles. The third kappa shape index (κ3) is 5.14. The van der Waals surface area contributed by atoms with Crippen LogP contribution in [0.4, 0.5) is 10.8 Å².